The van der Waals surface area contributed by atoms with Crippen LogP contribution in [0.5, 0.6) is 0 Å². The van der Waals surface area contributed by atoms with E-state index in [1.807, 2.05) is 0 Å². The van der Waals surface area contributed by atoms with Gasteiger partial charge in [-0.05, 0) is 0 Å². The molecule has 0 saturated carbocycles. The van der Waals surface area contributed by atoms with Gasteiger partial charge in [0.25, 0.3) is 5.56 Å². The molecule has 17 heavy (non-hydrogen) atoms. The predicted molar refractivity (Wildman–Crippen MR) is 63.9 cm³/mol. The van der Waals surface area contributed by atoms with E-state index >= 15 is 0 Å². The quantitative estimate of drug-likeness (QED) is 0.619. The minimum Gasteiger partial charge on any atom is -0.395 e. The smallest absolute Gasteiger partial charge is 0.263 e. The molecule has 2 aromatic heterocycles. The Morgan fingerprint density at radius 1 is 1.65 bits per heavy atom. The topological polar surface area (TPSA) is 95.8 Å². The molecule has 2 heterocycles. The molecule has 2 aromatic rings. The van der Waals surface area contributed by atoms with Crippen molar-refractivity contribution in [3.05, 3.63) is 29.2 Å². The van der Waals surface area contributed by atoms with Gasteiger partial charge in [-0.25, -0.2) is 4.68 Å². The minimum atomic E-state index is -0.259. The van der Waals surface area contributed by atoms with E-state index in [4.69, 9.17) is 5.11 Å². The third-order valence-corrected chi connectivity index (χ3v) is 2.21. The Balaban J connectivity index is 2.48. The van der Waals surface area contributed by atoms with Crippen molar-refractivity contribution in [1.82, 2.24) is 19.7 Å². The summed E-state index contributed by atoms with van der Waals surface area (Å²) in [4.78, 5) is 18.5. The van der Waals surface area contributed by atoms with Gasteiger partial charge in [0.15, 0.2) is 5.65 Å². The molecule has 0 aromatic carbocycles. The number of nitrogens with one attached hydrogen (secondary N) is 2. The van der Waals surface area contributed by atoms with E-state index in [1.165, 1.54) is 6.20 Å². The van der Waals surface area contributed by atoms with E-state index in [2.05, 4.69) is 27.0 Å². The number of rotatable bonds is 5. The number of hydrogen-bond donors (Lipinski definition) is 3. The van der Waals surface area contributed by atoms with Gasteiger partial charge in [0.2, 0.25) is 5.95 Å². The molecule has 0 aliphatic rings. The van der Waals surface area contributed by atoms with Crippen LogP contribution < -0.4 is 10.9 Å². The summed E-state index contributed by atoms with van der Waals surface area (Å²) in [5.74, 6) is 0.322. The first-order chi connectivity index (χ1) is 8.26. The van der Waals surface area contributed by atoms with Crippen molar-refractivity contribution in [2.75, 3.05) is 18.5 Å². The molecular formula is C10H13N5O2. The van der Waals surface area contributed by atoms with E-state index < -0.39 is 0 Å². The Kier molecular flexibility index (Phi) is 3.20. The van der Waals surface area contributed by atoms with Gasteiger partial charge < -0.3 is 10.4 Å². The average molecular weight is 235 g/mol. The highest BCUT2D eigenvalue weighted by Crippen LogP contribution is 2.08. The number of allylic oxidation sites excluding steroid dienone is 1. The number of hydrogen-bond acceptors (Lipinski definition) is 5. The zero-order valence-electron chi connectivity index (χ0n) is 9.18. The standard InChI is InChI=1S/C10H13N5O2/c1-2-4-15-8-7(6-12-15)9(17)14-10(13-8)11-3-5-16/h2,6,16H,1,3-5H2,(H2,11,13,14,17). The molecule has 0 fully saturated rings. The Morgan fingerprint density at radius 3 is 3.18 bits per heavy atom. The van der Waals surface area contributed by atoms with Gasteiger partial charge in [0, 0.05) is 6.54 Å². The Hall–Kier alpha value is -2.15. The van der Waals surface area contributed by atoms with Gasteiger partial charge in [-0.3, -0.25) is 9.78 Å². The molecule has 2 rings (SSSR count). The fourth-order valence-electron chi connectivity index (χ4n) is 1.48. The molecule has 0 radical (unpaired) electrons. The first-order valence-electron chi connectivity index (χ1n) is 5.17. The molecule has 0 amide bonds. The van der Waals surface area contributed by atoms with Gasteiger partial charge in [-0.15, -0.1) is 6.58 Å². The normalized spacial score (nSPS) is 10.6. The SMILES string of the molecule is C=CCn1ncc2c(=O)[nH]c(NCCO)nc21. The summed E-state index contributed by atoms with van der Waals surface area (Å²) in [7, 11) is 0. The maximum Gasteiger partial charge on any atom is 0.263 e. The summed E-state index contributed by atoms with van der Waals surface area (Å²) in [6.45, 7) is 4.39. The van der Waals surface area contributed by atoms with Crippen LogP contribution in [-0.2, 0) is 6.54 Å². The zero-order valence-corrected chi connectivity index (χ0v) is 9.18. The molecular weight excluding hydrogens is 222 g/mol. The van der Waals surface area contributed by atoms with E-state index in [0.717, 1.165) is 0 Å². The van der Waals surface area contributed by atoms with Crippen molar-refractivity contribution >= 4 is 17.0 Å². The van der Waals surface area contributed by atoms with Gasteiger partial charge in [-0.1, -0.05) is 6.08 Å². The van der Waals surface area contributed by atoms with Crippen LogP contribution in [0.25, 0.3) is 11.0 Å². The summed E-state index contributed by atoms with van der Waals surface area (Å²) < 4.78 is 1.59. The summed E-state index contributed by atoms with van der Waals surface area (Å²) in [6, 6.07) is 0. The number of aliphatic hydroxyl groups excluding tert-OH is 1. The number of aromatic amines is 1. The zero-order chi connectivity index (χ0) is 12.3. The maximum absolute atomic E-state index is 11.7. The van der Waals surface area contributed by atoms with E-state index in [9.17, 15) is 4.79 Å². The van der Waals surface area contributed by atoms with Crippen LogP contribution in [0.15, 0.2) is 23.6 Å². The van der Waals surface area contributed by atoms with Crippen molar-refractivity contribution in [2.24, 2.45) is 0 Å². The lowest BCUT2D eigenvalue weighted by molar-refractivity contribution is 0.311. The Labute approximate surface area is 96.8 Å². The molecule has 7 heteroatoms. The highest BCUT2D eigenvalue weighted by atomic mass is 16.3. The van der Waals surface area contributed by atoms with Crippen LogP contribution in [0.2, 0.25) is 0 Å². The summed E-state index contributed by atoms with van der Waals surface area (Å²) in [5, 5.41) is 16.0. The van der Waals surface area contributed by atoms with Crippen LogP contribution in [0.3, 0.4) is 0 Å². The number of nitrogens with zero attached hydrogens (tertiary/aromatic N) is 3. The fourth-order valence-corrected chi connectivity index (χ4v) is 1.48. The van der Waals surface area contributed by atoms with Gasteiger partial charge in [-0.2, -0.15) is 10.1 Å². The summed E-state index contributed by atoms with van der Waals surface area (Å²) in [5.41, 5.74) is 0.236. The third-order valence-electron chi connectivity index (χ3n) is 2.21. The lowest BCUT2D eigenvalue weighted by Gasteiger charge is -2.03. The van der Waals surface area contributed by atoms with Crippen LogP contribution in [0, 0.1) is 0 Å². The van der Waals surface area contributed by atoms with Gasteiger partial charge >= 0.3 is 0 Å². The van der Waals surface area contributed by atoms with Gasteiger partial charge in [0.05, 0.1) is 19.3 Å². The third kappa shape index (κ3) is 2.18. The number of anilines is 1. The number of fused-ring (bicyclic) bond motifs is 1. The minimum absolute atomic E-state index is 0.0341. The molecule has 0 bridgehead atoms. The highest BCUT2D eigenvalue weighted by Gasteiger charge is 2.08. The van der Waals surface area contributed by atoms with E-state index in [-0.39, 0.29) is 12.2 Å². The molecule has 0 aliphatic carbocycles. The van der Waals surface area contributed by atoms with E-state index in [0.29, 0.717) is 30.1 Å². The monoisotopic (exact) mass is 235 g/mol. The Morgan fingerprint density at radius 2 is 2.47 bits per heavy atom. The lowest BCUT2D eigenvalue weighted by Crippen LogP contribution is -2.15. The van der Waals surface area contributed by atoms with Crippen molar-refractivity contribution in [1.29, 1.82) is 0 Å². The number of H-pyrrole nitrogens is 1. The van der Waals surface area contributed by atoms with E-state index in [1.54, 1.807) is 10.8 Å². The molecule has 0 spiro atoms. The highest BCUT2D eigenvalue weighted by molar-refractivity contribution is 5.74. The largest absolute Gasteiger partial charge is 0.395 e. The van der Waals surface area contributed by atoms with Crippen LogP contribution >= 0.6 is 0 Å². The fraction of sp³-hybridized carbons (Fsp3) is 0.300. The summed E-state index contributed by atoms with van der Waals surface area (Å²) >= 11 is 0. The van der Waals surface area contributed by atoms with Crippen molar-refractivity contribution in [3.63, 3.8) is 0 Å². The molecule has 7 nitrogen and oxygen atoms in total. The molecule has 0 saturated heterocycles. The second-order valence-electron chi connectivity index (χ2n) is 3.42. The predicted octanol–water partition coefficient (Wildman–Crippen LogP) is -0.290. The van der Waals surface area contributed by atoms with Gasteiger partial charge in [0.1, 0.15) is 5.39 Å². The molecule has 90 valence electrons. The Bertz CT molecular complexity index is 586. The number of aliphatic hydroxyl groups is 1. The van der Waals surface area contributed by atoms with Crippen LogP contribution in [0.4, 0.5) is 5.95 Å². The van der Waals surface area contributed by atoms with Crippen molar-refractivity contribution in [2.45, 2.75) is 6.54 Å². The second kappa shape index (κ2) is 4.79. The molecule has 0 unspecified atom stereocenters. The maximum atomic E-state index is 11.7. The van der Waals surface area contributed by atoms with Crippen LogP contribution in [0.1, 0.15) is 0 Å². The van der Waals surface area contributed by atoms with Crippen molar-refractivity contribution in [3.8, 4) is 0 Å². The summed E-state index contributed by atoms with van der Waals surface area (Å²) in [6.07, 6.45) is 3.15. The number of aromatic nitrogens is 4. The first-order valence-corrected chi connectivity index (χ1v) is 5.17. The second-order valence-corrected chi connectivity index (χ2v) is 3.42. The lowest BCUT2D eigenvalue weighted by atomic mass is 10.4. The molecule has 0 aliphatic heterocycles. The molecule has 0 atom stereocenters. The molecule has 3 N–H and O–H groups in total. The average Bonchev–Trinajstić information content (AvgIpc) is 2.71. The first kappa shape index (κ1) is 11.3. The van der Waals surface area contributed by atoms with Crippen LogP contribution in [-0.4, -0.2) is 38.0 Å². The van der Waals surface area contributed by atoms with Crippen molar-refractivity contribution < 1.29 is 5.11 Å².